The first kappa shape index (κ1) is 13.8. The second-order valence-electron chi connectivity index (χ2n) is 5.69. The number of carbonyl (C=O) groups is 1. The summed E-state index contributed by atoms with van der Waals surface area (Å²) in [5.41, 5.74) is 0.870. The van der Waals surface area contributed by atoms with Gasteiger partial charge in [0.1, 0.15) is 0 Å². The molecule has 2 aliphatic heterocycles. The smallest absolute Gasteiger partial charge is 0.223 e. The van der Waals surface area contributed by atoms with E-state index < -0.39 is 0 Å². The van der Waals surface area contributed by atoms with E-state index in [0.717, 1.165) is 19.4 Å². The highest BCUT2D eigenvalue weighted by molar-refractivity contribution is 5.77. The Morgan fingerprint density at radius 2 is 2.10 bits per heavy atom. The van der Waals surface area contributed by atoms with Crippen LogP contribution in [0.15, 0.2) is 40.6 Å². The van der Waals surface area contributed by atoms with Gasteiger partial charge in [-0.1, -0.05) is 30.3 Å². The third-order valence-corrected chi connectivity index (χ3v) is 4.32. The van der Waals surface area contributed by atoms with E-state index in [2.05, 4.69) is 28.3 Å². The SMILES string of the molecule is C#CCCC1(CCC(=O)N2CCC2c2ccccc2)N=N1. The van der Waals surface area contributed by atoms with Crippen LogP contribution in [0.5, 0.6) is 0 Å². The molecule has 4 nitrogen and oxygen atoms in total. The number of amides is 1. The minimum atomic E-state index is -0.352. The summed E-state index contributed by atoms with van der Waals surface area (Å²) in [6, 6.07) is 10.5. The van der Waals surface area contributed by atoms with Crippen LogP contribution in [0.1, 0.15) is 43.7 Å². The molecule has 108 valence electrons. The summed E-state index contributed by atoms with van der Waals surface area (Å²) in [7, 11) is 0. The van der Waals surface area contributed by atoms with Gasteiger partial charge in [0.2, 0.25) is 5.91 Å². The molecule has 0 spiro atoms. The van der Waals surface area contributed by atoms with Crippen LogP contribution >= 0.6 is 0 Å². The zero-order valence-electron chi connectivity index (χ0n) is 12.0. The van der Waals surface area contributed by atoms with Crippen molar-refractivity contribution in [2.45, 2.75) is 43.8 Å². The first-order valence-corrected chi connectivity index (χ1v) is 7.46. The van der Waals surface area contributed by atoms with Gasteiger partial charge in [-0.3, -0.25) is 4.79 Å². The molecule has 1 fully saturated rings. The Balaban J connectivity index is 1.51. The van der Waals surface area contributed by atoms with Crippen molar-refractivity contribution < 1.29 is 4.79 Å². The van der Waals surface area contributed by atoms with Crippen LogP contribution in [0.3, 0.4) is 0 Å². The van der Waals surface area contributed by atoms with Crippen LogP contribution in [0, 0.1) is 12.3 Å². The fraction of sp³-hybridized carbons (Fsp3) is 0.471. The van der Waals surface area contributed by atoms with Gasteiger partial charge in [0.05, 0.1) is 6.04 Å². The van der Waals surface area contributed by atoms with Gasteiger partial charge in [-0.15, -0.1) is 12.3 Å². The first-order valence-electron chi connectivity index (χ1n) is 7.46. The summed E-state index contributed by atoms with van der Waals surface area (Å²) in [6.07, 6.45) is 8.93. The fourth-order valence-electron chi connectivity index (χ4n) is 2.83. The van der Waals surface area contributed by atoms with Gasteiger partial charge in [0, 0.05) is 32.2 Å². The van der Waals surface area contributed by atoms with E-state index in [1.54, 1.807) is 0 Å². The molecule has 4 heteroatoms. The average Bonchev–Trinajstić information content (AvgIpc) is 3.24. The number of nitrogens with zero attached hydrogens (tertiary/aromatic N) is 3. The Hall–Kier alpha value is -2.15. The molecule has 0 radical (unpaired) electrons. The molecule has 21 heavy (non-hydrogen) atoms. The molecule has 0 bridgehead atoms. The molecule has 1 saturated heterocycles. The molecule has 2 heterocycles. The molecular formula is C17H19N3O. The highest BCUT2D eigenvalue weighted by atomic mass is 16.2. The molecular weight excluding hydrogens is 262 g/mol. The van der Waals surface area contributed by atoms with Crippen LogP contribution in [-0.4, -0.2) is 23.0 Å². The van der Waals surface area contributed by atoms with Gasteiger partial charge in [-0.2, -0.15) is 10.2 Å². The van der Waals surface area contributed by atoms with E-state index >= 15 is 0 Å². The van der Waals surface area contributed by atoms with Crippen molar-refractivity contribution in [3.8, 4) is 12.3 Å². The summed E-state index contributed by atoms with van der Waals surface area (Å²) in [4.78, 5) is 14.3. The van der Waals surface area contributed by atoms with Crippen molar-refractivity contribution in [2.75, 3.05) is 6.54 Å². The second-order valence-corrected chi connectivity index (χ2v) is 5.69. The summed E-state index contributed by atoms with van der Waals surface area (Å²) in [5, 5.41) is 8.16. The van der Waals surface area contributed by atoms with Crippen LogP contribution < -0.4 is 0 Å². The Morgan fingerprint density at radius 1 is 1.33 bits per heavy atom. The van der Waals surface area contributed by atoms with Gasteiger partial charge < -0.3 is 4.90 Å². The number of hydrogen-bond acceptors (Lipinski definition) is 3. The Labute approximate surface area is 125 Å². The number of hydrogen-bond donors (Lipinski definition) is 0. The highest BCUT2D eigenvalue weighted by Crippen LogP contribution is 2.39. The van der Waals surface area contributed by atoms with Crippen molar-refractivity contribution in [2.24, 2.45) is 10.2 Å². The lowest BCUT2D eigenvalue weighted by Gasteiger charge is -2.41. The van der Waals surface area contributed by atoms with Gasteiger partial charge in [0.25, 0.3) is 0 Å². The van der Waals surface area contributed by atoms with Gasteiger partial charge in [-0.05, 0) is 12.0 Å². The molecule has 2 aliphatic rings. The molecule has 0 aliphatic carbocycles. The molecule has 0 saturated carbocycles. The van der Waals surface area contributed by atoms with Gasteiger partial charge in [0.15, 0.2) is 5.66 Å². The summed E-state index contributed by atoms with van der Waals surface area (Å²) in [5.74, 6) is 2.81. The minimum absolute atomic E-state index is 0.201. The van der Waals surface area contributed by atoms with Crippen molar-refractivity contribution >= 4 is 5.91 Å². The monoisotopic (exact) mass is 281 g/mol. The van der Waals surface area contributed by atoms with Crippen molar-refractivity contribution in [3.63, 3.8) is 0 Å². The number of terminal acetylenes is 1. The maximum absolute atomic E-state index is 12.4. The molecule has 0 N–H and O–H groups in total. The lowest BCUT2D eigenvalue weighted by Crippen LogP contribution is -2.45. The van der Waals surface area contributed by atoms with E-state index in [4.69, 9.17) is 6.42 Å². The molecule has 1 aromatic carbocycles. The maximum Gasteiger partial charge on any atom is 0.223 e. The van der Waals surface area contributed by atoms with Crippen LogP contribution in [0.4, 0.5) is 0 Å². The topological polar surface area (TPSA) is 45.0 Å². The van der Waals surface area contributed by atoms with Crippen LogP contribution in [0.25, 0.3) is 0 Å². The number of benzene rings is 1. The normalized spacial score (nSPS) is 21.5. The van der Waals surface area contributed by atoms with Gasteiger partial charge in [-0.25, -0.2) is 0 Å². The van der Waals surface area contributed by atoms with Crippen molar-refractivity contribution in [1.29, 1.82) is 0 Å². The quantitative estimate of drug-likeness (QED) is 0.738. The third-order valence-electron chi connectivity index (χ3n) is 4.32. The zero-order valence-corrected chi connectivity index (χ0v) is 12.0. The minimum Gasteiger partial charge on any atom is -0.335 e. The van der Waals surface area contributed by atoms with Crippen molar-refractivity contribution in [3.05, 3.63) is 35.9 Å². The predicted octanol–water partition coefficient (Wildman–Crippen LogP) is 3.32. The molecule has 0 aromatic heterocycles. The number of carbonyl (C=O) groups excluding carboxylic acids is 1. The van der Waals surface area contributed by atoms with Crippen molar-refractivity contribution in [1.82, 2.24) is 4.90 Å². The molecule has 1 amide bonds. The largest absolute Gasteiger partial charge is 0.335 e. The summed E-state index contributed by atoms with van der Waals surface area (Å²) >= 11 is 0. The predicted molar refractivity (Wildman–Crippen MR) is 80.4 cm³/mol. The van der Waals surface area contributed by atoms with E-state index in [0.29, 0.717) is 19.3 Å². The first-order chi connectivity index (χ1) is 10.2. The standard InChI is InChI=1S/C17H19N3O/c1-2-3-11-17(18-19-17)12-9-16(21)20-13-10-15(20)14-7-5-4-6-8-14/h1,4-8,15H,3,9-13H2. The third kappa shape index (κ3) is 2.97. The van der Waals surface area contributed by atoms with Crippen LogP contribution in [-0.2, 0) is 4.79 Å². The lowest BCUT2D eigenvalue weighted by molar-refractivity contribution is -0.139. The summed E-state index contributed by atoms with van der Waals surface area (Å²) < 4.78 is 0. The van der Waals surface area contributed by atoms with E-state index in [1.165, 1.54) is 5.56 Å². The van der Waals surface area contributed by atoms with E-state index in [9.17, 15) is 4.79 Å². The highest BCUT2D eigenvalue weighted by Gasteiger charge is 2.41. The summed E-state index contributed by atoms with van der Waals surface area (Å²) in [6.45, 7) is 0.851. The van der Waals surface area contributed by atoms with Crippen LogP contribution in [0.2, 0.25) is 0 Å². The lowest BCUT2D eigenvalue weighted by atomic mass is 9.93. The fourth-order valence-corrected chi connectivity index (χ4v) is 2.83. The Kier molecular flexibility index (Phi) is 3.74. The molecule has 3 rings (SSSR count). The van der Waals surface area contributed by atoms with E-state index in [-0.39, 0.29) is 17.6 Å². The molecule has 1 atom stereocenters. The number of rotatable bonds is 6. The Morgan fingerprint density at radius 3 is 2.67 bits per heavy atom. The molecule has 1 aromatic rings. The van der Waals surface area contributed by atoms with Gasteiger partial charge >= 0.3 is 0 Å². The second kappa shape index (κ2) is 5.69. The van der Waals surface area contributed by atoms with E-state index in [1.807, 2.05) is 23.1 Å². The zero-order chi connectivity index (χ0) is 14.7. The molecule has 1 unspecified atom stereocenters. The number of likely N-dealkylation sites (tertiary alicyclic amines) is 1. The maximum atomic E-state index is 12.4. The Bertz CT molecular complexity index is 582. The average molecular weight is 281 g/mol.